The average molecular weight is 427 g/mol. The van der Waals surface area contributed by atoms with Crippen LogP contribution in [0.1, 0.15) is 43.0 Å². The summed E-state index contributed by atoms with van der Waals surface area (Å²) in [4.78, 5) is 33.2. The van der Waals surface area contributed by atoms with Crippen LogP contribution in [0.2, 0.25) is 0 Å². The first kappa shape index (κ1) is 23.3. The van der Waals surface area contributed by atoms with E-state index in [4.69, 9.17) is 4.74 Å². The van der Waals surface area contributed by atoms with Gasteiger partial charge in [0, 0.05) is 30.9 Å². The SMILES string of the molecule is C=C(C)CN(CC)C(=O)COC(=O)CCc1c(C)nc2nc(C(F)(F)F)nn2c1C. The van der Waals surface area contributed by atoms with Crippen LogP contribution in [0.4, 0.5) is 13.2 Å². The predicted molar refractivity (Wildman–Crippen MR) is 102 cm³/mol. The molecule has 0 fully saturated rings. The maximum Gasteiger partial charge on any atom is 0.453 e. The van der Waals surface area contributed by atoms with E-state index in [-0.39, 0.29) is 31.1 Å². The van der Waals surface area contributed by atoms with Crippen molar-refractivity contribution in [2.45, 2.75) is 46.7 Å². The van der Waals surface area contributed by atoms with Gasteiger partial charge in [-0.2, -0.15) is 18.2 Å². The lowest BCUT2D eigenvalue weighted by atomic mass is 10.1. The van der Waals surface area contributed by atoms with E-state index in [1.807, 2.05) is 6.92 Å². The number of fused-ring (bicyclic) bond motifs is 1. The van der Waals surface area contributed by atoms with Crippen LogP contribution in [-0.2, 0) is 26.9 Å². The van der Waals surface area contributed by atoms with Crippen LogP contribution in [0.3, 0.4) is 0 Å². The Bertz CT molecular complexity index is 968. The monoisotopic (exact) mass is 427 g/mol. The number of hydrogen-bond donors (Lipinski definition) is 0. The van der Waals surface area contributed by atoms with E-state index in [1.165, 1.54) is 4.90 Å². The smallest absolute Gasteiger partial charge is 0.453 e. The highest BCUT2D eigenvalue weighted by Gasteiger charge is 2.37. The number of esters is 1. The van der Waals surface area contributed by atoms with Crippen LogP contribution < -0.4 is 0 Å². The van der Waals surface area contributed by atoms with E-state index < -0.39 is 18.0 Å². The van der Waals surface area contributed by atoms with Crippen molar-refractivity contribution < 1.29 is 27.5 Å². The first-order chi connectivity index (χ1) is 13.9. The van der Waals surface area contributed by atoms with Crippen molar-refractivity contribution in [1.29, 1.82) is 0 Å². The van der Waals surface area contributed by atoms with Gasteiger partial charge in [0.2, 0.25) is 0 Å². The van der Waals surface area contributed by atoms with Gasteiger partial charge in [0.25, 0.3) is 17.5 Å². The zero-order valence-corrected chi connectivity index (χ0v) is 17.3. The van der Waals surface area contributed by atoms with Gasteiger partial charge in [-0.15, -0.1) is 5.10 Å². The molecule has 0 N–H and O–H groups in total. The number of nitrogens with zero attached hydrogens (tertiary/aromatic N) is 5. The predicted octanol–water partition coefficient (Wildman–Crippen LogP) is 2.66. The third kappa shape index (κ3) is 5.55. The summed E-state index contributed by atoms with van der Waals surface area (Å²) in [5, 5.41) is 3.47. The number of carbonyl (C=O) groups excluding carboxylic acids is 2. The van der Waals surface area contributed by atoms with E-state index in [0.29, 0.717) is 30.0 Å². The molecule has 0 atom stereocenters. The molecule has 11 heteroatoms. The van der Waals surface area contributed by atoms with Gasteiger partial charge in [0.15, 0.2) is 6.61 Å². The summed E-state index contributed by atoms with van der Waals surface area (Å²) in [7, 11) is 0. The summed E-state index contributed by atoms with van der Waals surface area (Å²) in [5.74, 6) is -2.36. The summed E-state index contributed by atoms with van der Waals surface area (Å²) >= 11 is 0. The molecular formula is C19H24F3N5O3. The summed E-state index contributed by atoms with van der Waals surface area (Å²) in [5.41, 5.74) is 2.24. The Labute approximate surface area is 171 Å². The molecule has 0 saturated carbocycles. The molecule has 0 bridgehead atoms. The molecular weight excluding hydrogens is 403 g/mol. The van der Waals surface area contributed by atoms with Gasteiger partial charge in [-0.1, -0.05) is 12.2 Å². The lowest BCUT2D eigenvalue weighted by molar-refractivity contribution is -0.151. The second-order valence-corrected chi connectivity index (χ2v) is 6.93. The van der Waals surface area contributed by atoms with Crippen molar-refractivity contribution in [1.82, 2.24) is 24.5 Å². The highest BCUT2D eigenvalue weighted by Crippen LogP contribution is 2.27. The third-order valence-electron chi connectivity index (χ3n) is 4.43. The Hall–Kier alpha value is -2.98. The minimum atomic E-state index is -4.68. The van der Waals surface area contributed by atoms with Gasteiger partial charge in [-0.05, 0) is 39.7 Å². The quantitative estimate of drug-likeness (QED) is 0.475. The molecule has 2 aromatic heterocycles. The van der Waals surface area contributed by atoms with E-state index >= 15 is 0 Å². The van der Waals surface area contributed by atoms with Gasteiger partial charge in [-0.25, -0.2) is 9.50 Å². The fourth-order valence-electron chi connectivity index (χ4n) is 2.93. The van der Waals surface area contributed by atoms with E-state index in [9.17, 15) is 22.8 Å². The number of amides is 1. The van der Waals surface area contributed by atoms with Crippen LogP contribution in [-0.4, -0.2) is 56.1 Å². The summed E-state index contributed by atoms with van der Waals surface area (Å²) < 4.78 is 44.6. The molecule has 0 aliphatic carbocycles. The first-order valence-corrected chi connectivity index (χ1v) is 9.31. The summed E-state index contributed by atoms with van der Waals surface area (Å²) in [6.45, 7) is 11.0. The number of halogens is 3. The number of carbonyl (C=O) groups is 2. The molecule has 2 rings (SSSR count). The number of alkyl halides is 3. The van der Waals surface area contributed by atoms with Crippen LogP contribution in [0.25, 0.3) is 5.78 Å². The molecule has 0 aliphatic rings. The average Bonchev–Trinajstić information content (AvgIpc) is 3.08. The van der Waals surface area contributed by atoms with Gasteiger partial charge < -0.3 is 9.64 Å². The number of hydrogen-bond acceptors (Lipinski definition) is 6. The molecule has 0 radical (unpaired) electrons. The molecule has 0 unspecified atom stereocenters. The zero-order valence-electron chi connectivity index (χ0n) is 17.3. The lowest BCUT2D eigenvalue weighted by Crippen LogP contribution is -2.35. The molecule has 8 nitrogen and oxygen atoms in total. The molecule has 0 saturated heterocycles. The first-order valence-electron chi connectivity index (χ1n) is 9.31. The Morgan fingerprint density at radius 2 is 1.90 bits per heavy atom. The Morgan fingerprint density at radius 3 is 2.47 bits per heavy atom. The second kappa shape index (κ2) is 9.23. The van der Waals surface area contributed by atoms with Crippen molar-refractivity contribution in [2.24, 2.45) is 0 Å². The highest BCUT2D eigenvalue weighted by atomic mass is 19.4. The van der Waals surface area contributed by atoms with Gasteiger partial charge >= 0.3 is 12.1 Å². The van der Waals surface area contributed by atoms with Crippen molar-refractivity contribution in [3.05, 3.63) is 34.9 Å². The number of aryl methyl sites for hydroxylation is 2. The fourth-order valence-corrected chi connectivity index (χ4v) is 2.93. The topological polar surface area (TPSA) is 89.7 Å². The Kier molecular flexibility index (Phi) is 7.16. The molecule has 1 amide bonds. The van der Waals surface area contributed by atoms with Crippen LogP contribution in [0, 0.1) is 13.8 Å². The van der Waals surface area contributed by atoms with Gasteiger partial charge in [0.1, 0.15) is 0 Å². The van der Waals surface area contributed by atoms with Crippen molar-refractivity contribution >= 4 is 17.7 Å². The minimum absolute atomic E-state index is 0.0599. The largest absolute Gasteiger partial charge is 0.456 e. The third-order valence-corrected chi connectivity index (χ3v) is 4.43. The molecule has 0 aliphatic heterocycles. The second-order valence-electron chi connectivity index (χ2n) is 6.93. The zero-order chi connectivity index (χ0) is 22.6. The van der Waals surface area contributed by atoms with Gasteiger partial charge in [-0.3, -0.25) is 9.59 Å². The summed E-state index contributed by atoms with van der Waals surface area (Å²) in [6.07, 6.45) is -4.56. The maximum atomic E-state index is 12.9. The fraction of sp³-hybridized carbons (Fsp3) is 0.526. The van der Waals surface area contributed by atoms with Crippen LogP contribution in [0.15, 0.2) is 12.2 Å². The Morgan fingerprint density at radius 1 is 1.23 bits per heavy atom. The molecule has 2 aromatic rings. The van der Waals surface area contributed by atoms with E-state index in [1.54, 1.807) is 20.8 Å². The van der Waals surface area contributed by atoms with Crippen LogP contribution >= 0.6 is 0 Å². The molecule has 0 spiro atoms. The maximum absolute atomic E-state index is 12.9. The van der Waals surface area contributed by atoms with Crippen LogP contribution in [0.5, 0.6) is 0 Å². The minimum Gasteiger partial charge on any atom is -0.456 e. The lowest BCUT2D eigenvalue weighted by Gasteiger charge is -2.20. The van der Waals surface area contributed by atoms with E-state index in [0.717, 1.165) is 10.1 Å². The summed E-state index contributed by atoms with van der Waals surface area (Å²) in [6, 6.07) is 0. The standard InChI is InChI=1S/C19H24F3N5O3/c1-6-26(9-11(2)3)15(28)10-30-16(29)8-7-14-12(4)23-18-24-17(19(20,21)22)25-27(18)13(14)5/h2,6-10H2,1,3-5H3. The Balaban J connectivity index is 2.04. The molecule has 0 aromatic carbocycles. The number of rotatable bonds is 8. The van der Waals surface area contributed by atoms with E-state index in [2.05, 4.69) is 21.6 Å². The van der Waals surface area contributed by atoms with Crippen molar-refractivity contribution in [2.75, 3.05) is 19.7 Å². The molecule has 30 heavy (non-hydrogen) atoms. The molecule has 2 heterocycles. The number of aromatic nitrogens is 4. The van der Waals surface area contributed by atoms with Crippen molar-refractivity contribution in [3.63, 3.8) is 0 Å². The van der Waals surface area contributed by atoms with Gasteiger partial charge in [0.05, 0.1) is 0 Å². The van der Waals surface area contributed by atoms with Crippen molar-refractivity contribution in [3.8, 4) is 0 Å². The number of ether oxygens (including phenoxy) is 1. The number of likely N-dealkylation sites (N-methyl/N-ethyl adjacent to an activating group) is 1. The highest BCUT2D eigenvalue weighted by molar-refractivity contribution is 5.80. The molecule has 164 valence electrons. The normalized spacial score (nSPS) is 11.6.